The van der Waals surface area contributed by atoms with Gasteiger partial charge in [0.1, 0.15) is 0 Å². The summed E-state index contributed by atoms with van der Waals surface area (Å²) in [6.45, 7) is 13.7. The zero-order chi connectivity index (χ0) is 21.8. The van der Waals surface area contributed by atoms with E-state index in [0.717, 1.165) is 17.3 Å². The molecular weight excluding hydrogens is 390 g/mol. The van der Waals surface area contributed by atoms with Crippen LogP contribution in [0.4, 0.5) is 4.79 Å². The Morgan fingerprint density at radius 2 is 1.47 bits per heavy atom. The van der Waals surface area contributed by atoms with Crippen LogP contribution in [0.1, 0.15) is 68.4 Å². The number of nitrogens with one attached hydrogen (secondary N) is 1. The van der Waals surface area contributed by atoms with E-state index in [-0.39, 0.29) is 22.0 Å². The third-order valence-corrected chi connectivity index (χ3v) is 7.50. The number of hydrogen-bond donors (Lipinski definition) is 1. The average Bonchev–Trinajstić information content (AvgIpc) is 2.97. The van der Waals surface area contributed by atoms with E-state index in [0.29, 0.717) is 4.91 Å². The van der Waals surface area contributed by atoms with Gasteiger partial charge in [0.25, 0.3) is 11.1 Å². The first kappa shape index (κ1) is 20.9. The minimum atomic E-state index is -0.318. The maximum Gasteiger partial charge on any atom is 0.290 e. The molecule has 0 spiro atoms. The first-order chi connectivity index (χ1) is 14.0. The van der Waals surface area contributed by atoms with Gasteiger partial charge in [-0.25, -0.2) is 0 Å². The van der Waals surface area contributed by atoms with Crippen molar-refractivity contribution in [3.8, 4) is 11.1 Å². The molecule has 0 atom stereocenters. The molecule has 0 radical (unpaired) electrons. The van der Waals surface area contributed by atoms with Gasteiger partial charge in [-0.05, 0) is 100 Å². The molecule has 1 saturated heterocycles. The van der Waals surface area contributed by atoms with Crippen LogP contribution in [0.5, 0.6) is 0 Å². The Labute approximate surface area is 183 Å². The van der Waals surface area contributed by atoms with Crippen LogP contribution in [-0.2, 0) is 15.6 Å². The molecule has 1 heterocycles. The quantitative estimate of drug-likeness (QED) is 0.555. The number of thioether (sulfide) groups is 1. The lowest BCUT2D eigenvalue weighted by molar-refractivity contribution is -0.115. The fourth-order valence-electron chi connectivity index (χ4n) is 4.60. The summed E-state index contributed by atoms with van der Waals surface area (Å²) in [7, 11) is 0. The van der Waals surface area contributed by atoms with Gasteiger partial charge in [-0.1, -0.05) is 52.0 Å². The van der Waals surface area contributed by atoms with Gasteiger partial charge in [-0.3, -0.25) is 14.9 Å². The summed E-state index contributed by atoms with van der Waals surface area (Å²) in [5.41, 5.74) is 9.08. The molecule has 0 aromatic heterocycles. The van der Waals surface area contributed by atoms with E-state index in [1.165, 1.54) is 46.2 Å². The van der Waals surface area contributed by atoms with Crippen LogP contribution >= 0.6 is 11.8 Å². The van der Waals surface area contributed by atoms with Crippen molar-refractivity contribution < 1.29 is 9.59 Å². The van der Waals surface area contributed by atoms with Gasteiger partial charge in [-0.15, -0.1) is 0 Å². The van der Waals surface area contributed by atoms with Crippen molar-refractivity contribution in [3.63, 3.8) is 0 Å². The number of fused-ring (bicyclic) bond motifs is 1. The summed E-state index contributed by atoms with van der Waals surface area (Å²) in [6.07, 6.45) is 4.18. The van der Waals surface area contributed by atoms with E-state index in [1.807, 2.05) is 6.07 Å². The molecule has 2 aromatic carbocycles. The number of carbonyl (C=O) groups is 2. The first-order valence-corrected chi connectivity index (χ1v) is 11.3. The first-order valence-electron chi connectivity index (χ1n) is 10.5. The summed E-state index contributed by atoms with van der Waals surface area (Å²) >= 11 is 0.957. The van der Waals surface area contributed by atoms with Crippen LogP contribution in [0.15, 0.2) is 35.2 Å². The van der Waals surface area contributed by atoms with Gasteiger partial charge in [0.2, 0.25) is 0 Å². The molecule has 1 aliphatic carbocycles. The van der Waals surface area contributed by atoms with E-state index in [1.54, 1.807) is 6.08 Å². The molecule has 2 aliphatic rings. The maximum atomic E-state index is 11.9. The zero-order valence-electron chi connectivity index (χ0n) is 18.6. The number of hydrogen-bond acceptors (Lipinski definition) is 3. The van der Waals surface area contributed by atoms with Crippen molar-refractivity contribution >= 4 is 29.0 Å². The highest BCUT2D eigenvalue weighted by Crippen LogP contribution is 2.48. The van der Waals surface area contributed by atoms with E-state index < -0.39 is 0 Å². The second-order valence-corrected chi connectivity index (χ2v) is 10.9. The van der Waals surface area contributed by atoms with Gasteiger partial charge < -0.3 is 0 Å². The lowest BCUT2D eigenvalue weighted by Crippen LogP contribution is -2.34. The lowest BCUT2D eigenvalue weighted by atomic mass is 9.62. The molecular formula is C26H29NO2S. The third-order valence-electron chi connectivity index (χ3n) is 6.69. The number of rotatable bonds is 2. The second-order valence-electron chi connectivity index (χ2n) is 9.91. The molecule has 0 bridgehead atoms. The van der Waals surface area contributed by atoms with Crippen LogP contribution < -0.4 is 5.32 Å². The molecule has 30 heavy (non-hydrogen) atoms. The fraction of sp³-hybridized carbons (Fsp3) is 0.385. The van der Waals surface area contributed by atoms with Crippen LogP contribution in [0.25, 0.3) is 17.2 Å². The molecule has 156 valence electrons. The van der Waals surface area contributed by atoms with Gasteiger partial charge in [0.05, 0.1) is 4.91 Å². The Morgan fingerprint density at radius 3 is 2.07 bits per heavy atom. The summed E-state index contributed by atoms with van der Waals surface area (Å²) in [5, 5.41) is 2.01. The zero-order valence-corrected chi connectivity index (χ0v) is 19.4. The summed E-state index contributed by atoms with van der Waals surface area (Å²) < 4.78 is 0. The molecule has 3 nitrogen and oxygen atoms in total. The third kappa shape index (κ3) is 3.62. The second kappa shape index (κ2) is 7.12. The number of carbonyl (C=O) groups excluding carboxylic acids is 2. The van der Waals surface area contributed by atoms with Gasteiger partial charge >= 0.3 is 0 Å². The average molecular weight is 420 g/mol. The molecule has 0 saturated carbocycles. The maximum absolute atomic E-state index is 11.9. The van der Waals surface area contributed by atoms with Crippen molar-refractivity contribution in [2.45, 2.75) is 65.2 Å². The predicted octanol–water partition coefficient (Wildman–Crippen LogP) is 6.64. The van der Waals surface area contributed by atoms with Gasteiger partial charge in [-0.2, -0.15) is 0 Å². The van der Waals surface area contributed by atoms with E-state index in [4.69, 9.17) is 0 Å². The Kier molecular flexibility index (Phi) is 4.97. The Hall–Kier alpha value is -2.33. The number of amides is 2. The van der Waals surface area contributed by atoms with Crippen LogP contribution in [-0.4, -0.2) is 11.1 Å². The highest BCUT2D eigenvalue weighted by molar-refractivity contribution is 8.18. The van der Waals surface area contributed by atoms with Crippen molar-refractivity contribution in [1.82, 2.24) is 5.32 Å². The van der Waals surface area contributed by atoms with Crippen molar-refractivity contribution in [2.24, 2.45) is 0 Å². The highest BCUT2D eigenvalue weighted by Gasteiger charge is 2.37. The van der Waals surface area contributed by atoms with E-state index >= 15 is 0 Å². The summed E-state index contributed by atoms with van der Waals surface area (Å²) in [5.74, 6) is -0.318. The standard InChI is InChI=1S/C26H29NO2S/c1-15-7-8-17(13-22-23(28)27-24(29)30-22)12-18(15)19-14-21-20(11-16(19)2)25(3,4)9-10-26(21,5)6/h7-8,11-14H,9-10H2,1-6H3,(H,27,28,29). The van der Waals surface area contributed by atoms with Crippen LogP contribution in [0.2, 0.25) is 0 Å². The molecule has 4 rings (SSSR count). The molecule has 1 fully saturated rings. The molecule has 4 heteroatoms. The van der Waals surface area contributed by atoms with Crippen LogP contribution in [0, 0.1) is 13.8 Å². The van der Waals surface area contributed by atoms with Crippen LogP contribution in [0.3, 0.4) is 0 Å². The smallest absolute Gasteiger partial charge is 0.282 e. The predicted molar refractivity (Wildman–Crippen MR) is 126 cm³/mol. The van der Waals surface area contributed by atoms with Gasteiger partial charge in [0, 0.05) is 0 Å². The molecule has 2 aromatic rings. The summed E-state index contributed by atoms with van der Waals surface area (Å²) in [4.78, 5) is 23.9. The van der Waals surface area contributed by atoms with Gasteiger partial charge in [0.15, 0.2) is 0 Å². The largest absolute Gasteiger partial charge is 0.290 e. The van der Waals surface area contributed by atoms with Crippen molar-refractivity contribution in [3.05, 3.63) is 63.1 Å². The highest BCUT2D eigenvalue weighted by atomic mass is 32.2. The number of aryl methyl sites for hydroxylation is 2. The van der Waals surface area contributed by atoms with Crippen molar-refractivity contribution in [1.29, 1.82) is 0 Å². The van der Waals surface area contributed by atoms with Crippen molar-refractivity contribution in [2.75, 3.05) is 0 Å². The number of imide groups is 1. The normalized spacial score (nSPS) is 20.9. The Bertz CT molecular complexity index is 1110. The van der Waals surface area contributed by atoms with E-state index in [9.17, 15) is 9.59 Å². The Balaban J connectivity index is 1.84. The SMILES string of the molecule is Cc1ccc(C=C2SC(=O)NC2=O)cc1-c1cc2c(cc1C)C(C)(C)CCC2(C)C. The molecule has 0 unspecified atom stereocenters. The Morgan fingerprint density at radius 1 is 0.867 bits per heavy atom. The lowest BCUT2D eigenvalue weighted by Gasteiger charge is -2.42. The summed E-state index contributed by atoms with van der Waals surface area (Å²) in [6, 6.07) is 11.0. The monoisotopic (exact) mass is 419 g/mol. The molecule has 1 aliphatic heterocycles. The molecule has 2 amide bonds. The number of benzene rings is 2. The topological polar surface area (TPSA) is 46.2 Å². The van der Waals surface area contributed by atoms with E-state index in [2.05, 4.69) is 71.1 Å². The minimum absolute atomic E-state index is 0.153. The minimum Gasteiger partial charge on any atom is -0.282 e. The molecule has 1 N–H and O–H groups in total. The fourth-order valence-corrected chi connectivity index (χ4v) is 5.29.